The highest BCUT2D eigenvalue weighted by Gasteiger charge is 2.14. The van der Waals surface area contributed by atoms with E-state index in [1.54, 1.807) is 20.3 Å². The van der Waals surface area contributed by atoms with Crippen molar-refractivity contribution in [2.75, 3.05) is 14.2 Å². The molecular formula is C21H25NO3. The molecule has 0 spiro atoms. The SMILES string of the molecule is CCC(NC(=O)/C=C/c1ccc(C)cc1)c1ccc(OC)c(OC)c1. The third kappa shape index (κ3) is 5.11. The summed E-state index contributed by atoms with van der Waals surface area (Å²) in [7, 11) is 3.21. The van der Waals surface area contributed by atoms with Crippen molar-refractivity contribution < 1.29 is 14.3 Å². The average molecular weight is 339 g/mol. The predicted octanol–water partition coefficient (Wildman–Crippen LogP) is 4.29. The van der Waals surface area contributed by atoms with E-state index in [0.717, 1.165) is 17.5 Å². The zero-order chi connectivity index (χ0) is 18.2. The van der Waals surface area contributed by atoms with Crippen LogP contribution in [0.25, 0.3) is 6.08 Å². The van der Waals surface area contributed by atoms with Crippen LogP contribution in [0.1, 0.15) is 36.1 Å². The van der Waals surface area contributed by atoms with Crippen LogP contribution < -0.4 is 14.8 Å². The van der Waals surface area contributed by atoms with Crippen LogP contribution in [0.3, 0.4) is 0 Å². The van der Waals surface area contributed by atoms with Crippen LogP contribution in [-0.2, 0) is 4.79 Å². The molecular weight excluding hydrogens is 314 g/mol. The number of carbonyl (C=O) groups excluding carboxylic acids is 1. The zero-order valence-corrected chi connectivity index (χ0v) is 15.2. The first-order valence-electron chi connectivity index (χ1n) is 8.34. The molecule has 0 aromatic heterocycles. The summed E-state index contributed by atoms with van der Waals surface area (Å²) < 4.78 is 10.6. The van der Waals surface area contributed by atoms with Crippen molar-refractivity contribution in [2.45, 2.75) is 26.3 Å². The van der Waals surface area contributed by atoms with E-state index >= 15 is 0 Å². The summed E-state index contributed by atoms with van der Waals surface area (Å²) in [4.78, 5) is 12.2. The average Bonchev–Trinajstić information content (AvgIpc) is 2.65. The lowest BCUT2D eigenvalue weighted by Crippen LogP contribution is -2.26. The Morgan fingerprint density at radius 1 is 1.08 bits per heavy atom. The largest absolute Gasteiger partial charge is 0.493 e. The molecule has 0 heterocycles. The van der Waals surface area contributed by atoms with Crippen LogP contribution in [0.4, 0.5) is 0 Å². The molecule has 2 aromatic carbocycles. The number of hydrogen-bond donors (Lipinski definition) is 1. The molecule has 0 saturated carbocycles. The smallest absolute Gasteiger partial charge is 0.244 e. The molecule has 0 bridgehead atoms. The predicted molar refractivity (Wildman–Crippen MR) is 101 cm³/mol. The second kappa shape index (κ2) is 8.92. The lowest BCUT2D eigenvalue weighted by molar-refractivity contribution is -0.117. The van der Waals surface area contributed by atoms with Gasteiger partial charge in [0.05, 0.1) is 20.3 Å². The van der Waals surface area contributed by atoms with Gasteiger partial charge in [-0.1, -0.05) is 42.8 Å². The third-order valence-corrected chi connectivity index (χ3v) is 4.04. The fourth-order valence-electron chi connectivity index (χ4n) is 2.56. The molecule has 0 aliphatic heterocycles. The van der Waals surface area contributed by atoms with Crippen molar-refractivity contribution in [3.05, 3.63) is 65.2 Å². The molecule has 1 N–H and O–H groups in total. The maximum Gasteiger partial charge on any atom is 0.244 e. The minimum Gasteiger partial charge on any atom is -0.493 e. The molecule has 4 heteroatoms. The zero-order valence-electron chi connectivity index (χ0n) is 15.2. The number of carbonyl (C=O) groups is 1. The second-order valence-electron chi connectivity index (χ2n) is 5.83. The van der Waals surface area contributed by atoms with Crippen molar-refractivity contribution in [2.24, 2.45) is 0 Å². The van der Waals surface area contributed by atoms with Crippen molar-refractivity contribution in [1.82, 2.24) is 5.32 Å². The van der Waals surface area contributed by atoms with Gasteiger partial charge in [-0.3, -0.25) is 4.79 Å². The Bertz CT molecular complexity index is 735. The Balaban J connectivity index is 2.08. The molecule has 0 aliphatic rings. The third-order valence-electron chi connectivity index (χ3n) is 4.04. The summed E-state index contributed by atoms with van der Waals surface area (Å²) >= 11 is 0. The number of amides is 1. The normalized spacial score (nSPS) is 12.0. The fourth-order valence-corrected chi connectivity index (χ4v) is 2.56. The summed E-state index contributed by atoms with van der Waals surface area (Å²) in [6, 6.07) is 13.6. The van der Waals surface area contributed by atoms with Crippen LogP contribution in [0.2, 0.25) is 0 Å². The highest BCUT2D eigenvalue weighted by molar-refractivity contribution is 5.92. The summed E-state index contributed by atoms with van der Waals surface area (Å²) in [5, 5.41) is 3.03. The highest BCUT2D eigenvalue weighted by atomic mass is 16.5. The fraction of sp³-hybridized carbons (Fsp3) is 0.286. The van der Waals surface area contributed by atoms with Gasteiger partial charge in [-0.05, 0) is 42.7 Å². The molecule has 0 radical (unpaired) electrons. The van der Waals surface area contributed by atoms with Gasteiger partial charge in [0.2, 0.25) is 5.91 Å². The Morgan fingerprint density at radius 3 is 2.36 bits per heavy atom. The van der Waals surface area contributed by atoms with Gasteiger partial charge in [0.1, 0.15) is 0 Å². The standard InChI is InChI=1S/C21H25NO3/c1-5-18(17-11-12-19(24-3)20(14-17)25-4)22-21(23)13-10-16-8-6-15(2)7-9-16/h6-14,18H,5H2,1-4H3,(H,22,23)/b13-10+. The summed E-state index contributed by atoms with van der Waals surface area (Å²) in [6.07, 6.45) is 4.16. The van der Waals surface area contributed by atoms with Crippen LogP contribution in [0.5, 0.6) is 11.5 Å². The molecule has 0 saturated heterocycles. The molecule has 0 aliphatic carbocycles. The van der Waals surface area contributed by atoms with Gasteiger partial charge in [0, 0.05) is 6.08 Å². The molecule has 2 aromatic rings. The van der Waals surface area contributed by atoms with Gasteiger partial charge < -0.3 is 14.8 Å². The number of aryl methyl sites for hydroxylation is 1. The number of benzene rings is 2. The molecule has 1 atom stereocenters. The molecule has 1 amide bonds. The van der Waals surface area contributed by atoms with E-state index in [0.29, 0.717) is 11.5 Å². The van der Waals surface area contributed by atoms with Crippen molar-refractivity contribution in [1.29, 1.82) is 0 Å². The summed E-state index contributed by atoms with van der Waals surface area (Å²) in [5.74, 6) is 1.21. The Morgan fingerprint density at radius 2 is 1.76 bits per heavy atom. The number of methoxy groups -OCH3 is 2. The molecule has 1 unspecified atom stereocenters. The molecule has 0 fully saturated rings. The number of rotatable bonds is 7. The minimum atomic E-state index is -0.123. The Kier molecular flexibility index (Phi) is 6.63. The highest BCUT2D eigenvalue weighted by Crippen LogP contribution is 2.30. The Labute approximate surface area is 149 Å². The maximum absolute atomic E-state index is 12.2. The van der Waals surface area contributed by atoms with Crippen molar-refractivity contribution >= 4 is 12.0 Å². The lowest BCUT2D eigenvalue weighted by atomic mass is 10.0. The van der Waals surface area contributed by atoms with Gasteiger partial charge in [0.15, 0.2) is 11.5 Å². The van der Waals surface area contributed by atoms with E-state index in [9.17, 15) is 4.79 Å². The quantitative estimate of drug-likeness (QED) is 0.765. The van der Waals surface area contributed by atoms with Crippen LogP contribution in [0, 0.1) is 6.92 Å². The second-order valence-corrected chi connectivity index (χ2v) is 5.83. The first kappa shape index (κ1) is 18.6. The van der Waals surface area contributed by atoms with Crippen LogP contribution in [0.15, 0.2) is 48.5 Å². The molecule has 132 valence electrons. The van der Waals surface area contributed by atoms with Gasteiger partial charge in [-0.15, -0.1) is 0 Å². The number of ether oxygens (including phenoxy) is 2. The summed E-state index contributed by atoms with van der Waals surface area (Å²) in [5.41, 5.74) is 3.18. The molecule has 4 nitrogen and oxygen atoms in total. The summed E-state index contributed by atoms with van der Waals surface area (Å²) in [6.45, 7) is 4.07. The van der Waals surface area contributed by atoms with Gasteiger partial charge in [-0.25, -0.2) is 0 Å². The first-order chi connectivity index (χ1) is 12.1. The van der Waals surface area contributed by atoms with E-state index in [-0.39, 0.29) is 11.9 Å². The van der Waals surface area contributed by atoms with Crippen LogP contribution >= 0.6 is 0 Å². The number of hydrogen-bond acceptors (Lipinski definition) is 3. The van der Waals surface area contributed by atoms with Crippen molar-refractivity contribution in [3.8, 4) is 11.5 Å². The van der Waals surface area contributed by atoms with Gasteiger partial charge in [0.25, 0.3) is 0 Å². The topological polar surface area (TPSA) is 47.6 Å². The van der Waals surface area contributed by atoms with E-state index in [2.05, 4.69) is 5.32 Å². The first-order valence-corrected chi connectivity index (χ1v) is 8.34. The lowest BCUT2D eigenvalue weighted by Gasteiger charge is -2.18. The molecule has 25 heavy (non-hydrogen) atoms. The van der Waals surface area contributed by atoms with E-state index in [1.165, 1.54) is 5.56 Å². The Hall–Kier alpha value is -2.75. The number of nitrogens with one attached hydrogen (secondary N) is 1. The van der Waals surface area contributed by atoms with E-state index < -0.39 is 0 Å². The monoisotopic (exact) mass is 339 g/mol. The molecule has 2 rings (SSSR count). The minimum absolute atomic E-state index is 0.0880. The van der Waals surface area contributed by atoms with Crippen LogP contribution in [-0.4, -0.2) is 20.1 Å². The van der Waals surface area contributed by atoms with Crippen molar-refractivity contribution in [3.63, 3.8) is 0 Å². The van der Waals surface area contributed by atoms with E-state index in [4.69, 9.17) is 9.47 Å². The van der Waals surface area contributed by atoms with Gasteiger partial charge in [-0.2, -0.15) is 0 Å². The van der Waals surface area contributed by atoms with Gasteiger partial charge >= 0.3 is 0 Å². The maximum atomic E-state index is 12.2. The van der Waals surface area contributed by atoms with E-state index in [1.807, 2.05) is 62.4 Å².